The summed E-state index contributed by atoms with van der Waals surface area (Å²) in [5.74, 6) is -1.79. The SMILES string of the molecule is CCc1c(F)ccc2cc(O)cc(-c3c(F)cc4c(N5CC6CCC(C5)N6)nc(OCC(C)CN5C6CCC5COC6)nc4c3F)c12. The van der Waals surface area contributed by atoms with Gasteiger partial charge in [0.15, 0.2) is 5.82 Å². The third kappa shape index (κ3) is 5.46. The van der Waals surface area contributed by atoms with Gasteiger partial charge in [0.25, 0.3) is 0 Å². The van der Waals surface area contributed by atoms with Crippen molar-refractivity contribution in [1.29, 1.82) is 0 Å². The van der Waals surface area contributed by atoms with Gasteiger partial charge in [0.1, 0.15) is 28.7 Å². The van der Waals surface area contributed by atoms with Crippen LogP contribution in [0.5, 0.6) is 11.8 Å². The number of benzene rings is 3. The van der Waals surface area contributed by atoms with Gasteiger partial charge in [-0.15, -0.1) is 0 Å². The number of aromatic hydroxyl groups is 1. The van der Waals surface area contributed by atoms with Crippen LogP contribution < -0.4 is 15.0 Å². The van der Waals surface area contributed by atoms with Gasteiger partial charge in [-0.1, -0.05) is 19.9 Å². The van der Waals surface area contributed by atoms with Gasteiger partial charge in [-0.25, -0.2) is 13.2 Å². The van der Waals surface area contributed by atoms with Crippen LogP contribution in [0.4, 0.5) is 19.0 Å². The maximum atomic E-state index is 16.9. The van der Waals surface area contributed by atoms with Crippen LogP contribution in [0.15, 0.2) is 30.3 Å². The summed E-state index contributed by atoms with van der Waals surface area (Å²) in [6, 6.07) is 8.29. The second-order valence-electron chi connectivity index (χ2n) is 13.8. The molecular formula is C36H40F3N5O3. The molecule has 5 heterocycles. The molecular weight excluding hydrogens is 607 g/mol. The fraction of sp³-hybridized carbons (Fsp3) is 0.500. The first-order valence-electron chi connectivity index (χ1n) is 16.9. The van der Waals surface area contributed by atoms with E-state index in [0.717, 1.165) is 45.4 Å². The molecule has 4 fully saturated rings. The smallest absolute Gasteiger partial charge is 0.319 e. The van der Waals surface area contributed by atoms with Gasteiger partial charge in [-0.3, -0.25) is 4.90 Å². The molecule has 1 aromatic heterocycles. The van der Waals surface area contributed by atoms with Crippen molar-refractivity contribution in [2.75, 3.05) is 44.4 Å². The van der Waals surface area contributed by atoms with Crippen molar-refractivity contribution in [2.45, 2.75) is 70.1 Å². The van der Waals surface area contributed by atoms with Crippen LogP contribution in [0.2, 0.25) is 0 Å². The molecule has 11 heteroatoms. The molecule has 4 aliphatic heterocycles. The largest absolute Gasteiger partial charge is 0.508 e. The van der Waals surface area contributed by atoms with Gasteiger partial charge >= 0.3 is 6.01 Å². The highest BCUT2D eigenvalue weighted by atomic mass is 19.1. The third-order valence-electron chi connectivity index (χ3n) is 10.5. The molecule has 2 N–H and O–H groups in total. The molecule has 0 radical (unpaired) electrons. The summed E-state index contributed by atoms with van der Waals surface area (Å²) in [6.45, 7) is 7.91. The molecule has 8 rings (SSSR count). The standard InChI is InChI=1S/C36H40F3N5O3/c1-3-26-29(37)9-4-20-10-25(45)11-27(31(20)26)32-30(38)12-28-34(33(32)39)41-36(42-35(28)43-14-21-5-6-22(15-43)40-21)47-16-19(2)13-44-23-7-8-24(44)18-46-17-23/h4,9-12,19,21-24,40,45H,3,5-8,13-18H2,1-2H3. The zero-order valence-electron chi connectivity index (χ0n) is 26.7. The van der Waals surface area contributed by atoms with E-state index in [1.54, 1.807) is 6.92 Å². The summed E-state index contributed by atoms with van der Waals surface area (Å²) in [5, 5.41) is 15.3. The molecule has 4 bridgehead atoms. The number of hydrogen-bond donors (Lipinski definition) is 2. The minimum Gasteiger partial charge on any atom is -0.508 e. The van der Waals surface area contributed by atoms with Gasteiger partial charge in [-0.2, -0.15) is 9.97 Å². The first kappa shape index (κ1) is 30.7. The van der Waals surface area contributed by atoms with Crippen molar-refractivity contribution in [2.24, 2.45) is 5.92 Å². The quantitative estimate of drug-likeness (QED) is 0.243. The molecule has 0 saturated carbocycles. The number of piperazine rings is 1. The van der Waals surface area contributed by atoms with E-state index >= 15 is 8.78 Å². The molecule has 4 aromatic rings. The number of halogens is 3. The highest BCUT2D eigenvalue weighted by Gasteiger charge is 2.38. The number of anilines is 1. The first-order valence-corrected chi connectivity index (χ1v) is 16.9. The van der Waals surface area contributed by atoms with Gasteiger partial charge in [0, 0.05) is 55.1 Å². The number of nitrogens with one attached hydrogen (secondary N) is 1. The van der Waals surface area contributed by atoms with Crippen LogP contribution in [-0.2, 0) is 11.2 Å². The van der Waals surface area contributed by atoms with Gasteiger partial charge in [0.05, 0.1) is 25.4 Å². The number of ether oxygens (including phenoxy) is 2. The van der Waals surface area contributed by atoms with Crippen LogP contribution in [-0.4, -0.2) is 83.6 Å². The molecule has 0 aliphatic carbocycles. The molecule has 47 heavy (non-hydrogen) atoms. The lowest BCUT2D eigenvalue weighted by Crippen LogP contribution is -2.51. The van der Waals surface area contributed by atoms with E-state index < -0.39 is 17.5 Å². The number of rotatable bonds is 8. The first-order chi connectivity index (χ1) is 22.8. The predicted octanol–water partition coefficient (Wildman–Crippen LogP) is 5.95. The molecule has 0 amide bonds. The normalized spacial score (nSPS) is 24.8. The van der Waals surface area contributed by atoms with E-state index in [2.05, 4.69) is 27.0 Å². The minimum absolute atomic E-state index is 0.0349. The zero-order chi connectivity index (χ0) is 32.4. The minimum atomic E-state index is -0.900. The molecule has 4 aliphatic rings. The molecule has 8 nitrogen and oxygen atoms in total. The number of aromatic nitrogens is 2. The highest BCUT2D eigenvalue weighted by Crippen LogP contribution is 2.42. The van der Waals surface area contributed by atoms with E-state index in [1.807, 2.05) is 0 Å². The fourth-order valence-electron chi connectivity index (χ4n) is 8.37. The Morgan fingerprint density at radius 2 is 1.74 bits per heavy atom. The lowest BCUT2D eigenvalue weighted by molar-refractivity contribution is -0.0229. The second kappa shape index (κ2) is 12.1. The van der Waals surface area contributed by atoms with Crippen LogP contribution in [0.3, 0.4) is 0 Å². The topological polar surface area (TPSA) is 83.0 Å². The van der Waals surface area contributed by atoms with Gasteiger partial charge < -0.3 is 24.8 Å². The van der Waals surface area contributed by atoms with Crippen molar-refractivity contribution in [1.82, 2.24) is 20.2 Å². The Balaban J connectivity index is 1.21. The summed E-state index contributed by atoms with van der Waals surface area (Å²) >= 11 is 0. The fourth-order valence-corrected chi connectivity index (χ4v) is 8.37. The number of phenols is 1. The Morgan fingerprint density at radius 3 is 2.47 bits per heavy atom. The average Bonchev–Trinajstić information content (AvgIpc) is 3.48. The molecule has 4 saturated heterocycles. The van der Waals surface area contributed by atoms with Crippen LogP contribution in [0.25, 0.3) is 32.8 Å². The lowest BCUT2D eigenvalue weighted by atomic mass is 9.91. The maximum Gasteiger partial charge on any atom is 0.319 e. The summed E-state index contributed by atoms with van der Waals surface area (Å²) < 4.78 is 60.1. The van der Waals surface area contributed by atoms with E-state index in [-0.39, 0.29) is 51.8 Å². The Morgan fingerprint density at radius 1 is 1.00 bits per heavy atom. The monoisotopic (exact) mass is 647 g/mol. The number of morpholine rings is 1. The lowest BCUT2D eigenvalue weighted by Gasteiger charge is -2.36. The number of phenolic OH excluding ortho intramolecular Hbond substituents is 1. The third-order valence-corrected chi connectivity index (χ3v) is 10.5. The van der Waals surface area contributed by atoms with Crippen molar-refractivity contribution < 1.29 is 27.8 Å². The number of hydrogen-bond acceptors (Lipinski definition) is 8. The van der Waals surface area contributed by atoms with Crippen LogP contribution in [0.1, 0.15) is 45.1 Å². The van der Waals surface area contributed by atoms with Crippen molar-refractivity contribution in [3.63, 3.8) is 0 Å². The van der Waals surface area contributed by atoms with Crippen LogP contribution >= 0.6 is 0 Å². The predicted molar refractivity (Wildman–Crippen MR) is 175 cm³/mol. The van der Waals surface area contributed by atoms with E-state index in [4.69, 9.17) is 14.5 Å². The number of nitrogens with zero attached hydrogens (tertiary/aromatic N) is 4. The Hall–Kier alpha value is -3.67. The Labute approximate surface area is 271 Å². The molecule has 248 valence electrons. The van der Waals surface area contributed by atoms with E-state index in [0.29, 0.717) is 60.4 Å². The molecule has 3 aromatic carbocycles. The Bertz CT molecular complexity index is 1830. The number of fused-ring (bicyclic) bond motifs is 6. The van der Waals surface area contributed by atoms with Crippen LogP contribution in [0, 0.1) is 23.4 Å². The molecule has 5 atom stereocenters. The van der Waals surface area contributed by atoms with Gasteiger partial charge in [0.2, 0.25) is 0 Å². The zero-order valence-corrected chi connectivity index (χ0v) is 26.7. The summed E-state index contributed by atoms with van der Waals surface area (Å²) in [7, 11) is 0. The average molecular weight is 648 g/mol. The highest BCUT2D eigenvalue weighted by molar-refractivity contribution is 6.03. The van der Waals surface area contributed by atoms with E-state index in [1.165, 1.54) is 30.3 Å². The number of aryl methyl sites for hydroxylation is 1. The van der Waals surface area contributed by atoms with Crippen molar-refractivity contribution >= 4 is 27.5 Å². The van der Waals surface area contributed by atoms with E-state index in [9.17, 15) is 9.50 Å². The summed E-state index contributed by atoms with van der Waals surface area (Å²) in [5.41, 5.74) is -0.0458. The van der Waals surface area contributed by atoms with Gasteiger partial charge in [-0.05, 0) is 78.3 Å². The summed E-state index contributed by atoms with van der Waals surface area (Å²) in [6.07, 6.45) is 4.64. The summed E-state index contributed by atoms with van der Waals surface area (Å²) in [4.78, 5) is 13.9. The van der Waals surface area contributed by atoms with Crippen molar-refractivity contribution in [3.8, 4) is 22.9 Å². The molecule has 5 unspecified atom stereocenters. The molecule has 0 spiro atoms. The van der Waals surface area contributed by atoms with Crippen molar-refractivity contribution in [3.05, 3.63) is 53.3 Å². The Kier molecular flexibility index (Phi) is 7.89. The maximum absolute atomic E-state index is 16.9. The second-order valence-corrected chi connectivity index (χ2v) is 13.8.